The summed E-state index contributed by atoms with van der Waals surface area (Å²) in [5.41, 5.74) is 1.56. The second-order valence-corrected chi connectivity index (χ2v) is 7.65. The Hall–Kier alpha value is -4.39. The molecule has 1 atom stereocenters. The van der Waals surface area contributed by atoms with Gasteiger partial charge in [-0.3, -0.25) is 9.59 Å². The molecule has 3 aromatic carbocycles. The Bertz CT molecular complexity index is 1350. The largest absolute Gasteiger partial charge is 0.489 e. The third kappa shape index (κ3) is 5.32. The van der Waals surface area contributed by atoms with Crippen molar-refractivity contribution in [2.75, 3.05) is 7.11 Å². The maximum Gasteiger partial charge on any atom is 0.328 e. The van der Waals surface area contributed by atoms with Crippen LogP contribution in [-0.2, 0) is 22.6 Å². The quantitative estimate of drug-likeness (QED) is 0.404. The van der Waals surface area contributed by atoms with Crippen LogP contribution in [0.2, 0.25) is 0 Å². The van der Waals surface area contributed by atoms with Gasteiger partial charge >= 0.3 is 5.97 Å². The summed E-state index contributed by atoms with van der Waals surface area (Å²) in [6.45, 7) is 0.440. The molecule has 1 unspecified atom stereocenters. The zero-order valence-corrected chi connectivity index (χ0v) is 18.5. The lowest BCUT2D eigenvalue weighted by Crippen LogP contribution is -2.44. The van der Waals surface area contributed by atoms with Crippen molar-refractivity contribution in [2.45, 2.75) is 19.1 Å². The van der Waals surface area contributed by atoms with Gasteiger partial charge in [-0.15, -0.1) is 0 Å². The van der Waals surface area contributed by atoms with E-state index in [1.165, 1.54) is 7.11 Å². The smallest absolute Gasteiger partial charge is 0.328 e. The summed E-state index contributed by atoms with van der Waals surface area (Å²) in [5, 5.41) is 2.88. The van der Waals surface area contributed by atoms with Gasteiger partial charge < -0.3 is 19.2 Å². The molecule has 0 radical (unpaired) electrons. The number of carbonyl (C=O) groups excluding carboxylic acids is 2. The van der Waals surface area contributed by atoms with E-state index < -0.39 is 23.3 Å². The lowest BCUT2D eigenvalue weighted by Gasteiger charge is -2.17. The number of para-hydroxylation sites is 1. The van der Waals surface area contributed by atoms with E-state index in [1.54, 1.807) is 36.4 Å². The van der Waals surface area contributed by atoms with Gasteiger partial charge in [0.15, 0.2) is 0 Å². The number of rotatable bonds is 8. The van der Waals surface area contributed by atoms with Gasteiger partial charge in [0.2, 0.25) is 5.43 Å². The molecule has 0 saturated heterocycles. The van der Waals surface area contributed by atoms with Gasteiger partial charge in [0.1, 0.15) is 35.8 Å². The number of esters is 1. The van der Waals surface area contributed by atoms with Crippen LogP contribution in [-0.4, -0.2) is 25.0 Å². The molecule has 0 fully saturated rings. The first-order valence-corrected chi connectivity index (χ1v) is 10.7. The van der Waals surface area contributed by atoms with Gasteiger partial charge in [0, 0.05) is 6.42 Å². The van der Waals surface area contributed by atoms with Crippen LogP contribution in [0.5, 0.6) is 5.75 Å². The van der Waals surface area contributed by atoms with Gasteiger partial charge in [-0.1, -0.05) is 54.6 Å². The Morgan fingerprint density at radius 3 is 2.35 bits per heavy atom. The molecule has 0 aliphatic rings. The van der Waals surface area contributed by atoms with Gasteiger partial charge in [-0.2, -0.15) is 0 Å². The highest BCUT2D eigenvalue weighted by Gasteiger charge is 2.24. The van der Waals surface area contributed by atoms with Crippen molar-refractivity contribution in [3.63, 3.8) is 0 Å². The van der Waals surface area contributed by atoms with Crippen molar-refractivity contribution in [1.29, 1.82) is 0 Å². The van der Waals surface area contributed by atoms with Crippen LogP contribution in [0.15, 0.2) is 94.3 Å². The first-order chi connectivity index (χ1) is 16.5. The summed E-state index contributed by atoms with van der Waals surface area (Å²) in [6.07, 6.45) is 1.28. The summed E-state index contributed by atoms with van der Waals surface area (Å²) in [4.78, 5) is 37.8. The Morgan fingerprint density at radius 1 is 0.912 bits per heavy atom. The van der Waals surface area contributed by atoms with Crippen LogP contribution in [0.4, 0.5) is 0 Å². The highest BCUT2D eigenvalue weighted by atomic mass is 16.5. The number of benzene rings is 3. The van der Waals surface area contributed by atoms with Gasteiger partial charge in [0.25, 0.3) is 5.91 Å². The maximum atomic E-state index is 12.8. The van der Waals surface area contributed by atoms with Gasteiger partial charge in [-0.25, -0.2) is 4.79 Å². The minimum Gasteiger partial charge on any atom is -0.489 e. The molecule has 0 aliphatic heterocycles. The van der Waals surface area contributed by atoms with E-state index >= 15 is 0 Å². The van der Waals surface area contributed by atoms with Gasteiger partial charge in [0.05, 0.1) is 12.5 Å². The van der Waals surface area contributed by atoms with E-state index in [0.717, 1.165) is 17.4 Å². The third-order valence-electron chi connectivity index (χ3n) is 5.33. The number of carbonyl (C=O) groups is 2. The number of nitrogens with one attached hydrogen (secondary N) is 1. The summed E-state index contributed by atoms with van der Waals surface area (Å²) < 4.78 is 16.0. The number of hydrogen-bond acceptors (Lipinski definition) is 6. The van der Waals surface area contributed by atoms with E-state index in [1.807, 2.05) is 42.5 Å². The van der Waals surface area contributed by atoms with Crippen molar-refractivity contribution in [2.24, 2.45) is 0 Å². The second kappa shape index (κ2) is 10.5. The predicted octanol–water partition coefficient (Wildman–Crippen LogP) is 3.89. The second-order valence-electron chi connectivity index (χ2n) is 7.65. The molecule has 7 heteroatoms. The number of fused-ring (bicyclic) bond motifs is 1. The number of methoxy groups -OCH3 is 1. The molecule has 0 aliphatic carbocycles. The molecule has 7 nitrogen and oxygen atoms in total. The molecule has 4 rings (SSSR count). The summed E-state index contributed by atoms with van der Waals surface area (Å²) in [7, 11) is 1.24. The average molecular weight is 457 g/mol. The molecular weight excluding hydrogens is 434 g/mol. The maximum absolute atomic E-state index is 12.8. The van der Waals surface area contributed by atoms with Crippen molar-refractivity contribution in [3.05, 3.63) is 112 Å². The molecule has 0 saturated carbocycles. The first kappa shape index (κ1) is 22.8. The monoisotopic (exact) mass is 457 g/mol. The Labute approximate surface area is 195 Å². The fourth-order valence-electron chi connectivity index (χ4n) is 3.50. The summed E-state index contributed by atoms with van der Waals surface area (Å²) in [6, 6.07) is 22.7. The number of amides is 1. The topological polar surface area (TPSA) is 94.8 Å². The zero-order valence-electron chi connectivity index (χ0n) is 18.5. The fourth-order valence-corrected chi connectivity index (χ4v) is 3.50. The van der Waals surface area contributed by atoms with Crippen LogP contribution in [0.3, 0.4) is 0 Å². The van der Waals surface area contributed by atoms with Crippen molar-refractivity contribution >= 4 is 22.8 Å². The fraction of sp³-hybridized carbons (Fsp3) is 0.148. The minimum absolute atomic E-state index is 0.177. The molecular formula is C27H23NO6. The first-order valence-electron chi connectivity index (χ1n) is 10.7. The minimum atomic E-state index is -0.987. The summed E-state index contributed by atoms with van der Waals surface area (Å²) in [5.74, 6) is -0.652. The highest BCUT2D eigenvalue weighted by molar-refractivity contribution is 5.98. The van der Waals surface area contributed by atoms with Gasteiger partial charge in [-0.05, 0) is 35.4 Å². The highest BCUT2D eigenvalue weighted by Crippen LogP contribution is 2.16. The van der Waals surface area contributed by atoms with Crippen LogP contribution in [0, 0.1) is 0 Å². The Kier molecular flexibility index (Phi) is 7.03. The normalized spacial score (nSPS) is 11.6. The lowest BCUT2D eigenvalue weighted by molar-refractivity contribution is -0.142. The number of ether oxygens (including phenoxy) is 2. The molecule has 1 aromatic heterocycles. The van der Waals surface area contributed by atoms with E-state index in [-0.39, 0.29) is 17.4 Å². The zero-order chi connectivity index (χ0) is 23.9. The Morgan fingerprint density at radius 2 is 1.62 bits per heavy atom. The molecule has 172 valence electrons. The average Bonchev–Trinajstić information content (AvgIpc) is 2.88. The van der Waals surface area contributed by atoms with Crippen LogP contribution in [0.25, 0.3) is 11.0 Å². The summed E-state index contributed by atoms with van der Waals surface area (Å²) >= 11 is 0. The van der Waals surface area contributed by atoms with Crippen molar-refractivity contribution < 1.29 is 23.5 Å². The van der Waals surface area contributed by atoms with Crippen LogP contribution < -0.4 is 15.5 Å². The third-order valence-corrected chi connectivity index (χ3v) is 5.33. The van der Waals surface area contributed by atoms with E-state index in [9.17, 15) is 14.4 Å². The molecule has 34 heavy (non-hydrogen) atoms. The molecule has 1 N–H and O–H groups in total. The van der Waals surface area contributed by atoms with Crippen molar-refractivity contribution in [3.8, 4) is 5.75 Å². The van der Waals surface area contributed by atoms with Crippen molar-refractivity contribution in [1.82, 2.24) is 5.32 Å². The van der Waals surface area contributed by atoms with E-state index in [0.29, 0.717) is 17.9 Å². The SMILES string of the molecule is COC(=O)C(Cc1ccc(OCc2ccccc2)cc1)NC(=O)c1coc2ccccc2c1=O. The Balaban J connectivity index is 1.45. The number of hydrogen-bond donors (Lipinski definition) is 1. The van der Waals surface area contributed by atoms with Crippen LogP contribution >= 0.6 is 0 Å². The molecule has 1 heterocycles. The van der Waals surface area contributed by atoms with E-state index in [2.05, 4.69) is 5.32 Å². The predicted molar refractivity (Wildman–Crippen MR) is 127 cm³/mol. The van der Waals surface area contributed by atoms with E-state index in [4.69, 9.17) is 13.9 Å². The molecule has 0 bridgehead atoms. The molecule has 0 spiro atoms. The molecule has 1 amide bonds. The standard InChI is InChI=1S/C27H23NO6/c1-32-27(31)23(28-26(30)22-17-34-24-10-6-5-9-21(24)25(22)29)15-18-11-13-20(14-12-18)33-16-19-7-3-2-4-8-19/h2-14,17,23H,15-16H2,1H3,(H,28,30). The lowest BCUT2D eigenvalue weighted by atomic mass is 10.0. The van der Waals surface area contributed by atoms with Crippen LogP contribution in [0.1, 0.15) is 21.5 Å². The molecule has 4 aromatic rings.